The largest absolute Gasteiger partial charge is 0.316 e. The highest BCUT2D eigenvalue weighted by Gasteiger charge is 2.32. The molecule has 3 rings (SSSR count). The van der Waals surface area contributed by atoms with Crippen molar-refractivity contribution in [2.24, 2.45) is 11.8 Å². The van der Waals surface area contributed by atoms with Gasteiger partial charge >= 0.3 is 0 Å². The maximum Gasteiger partial charge on any atom is 0.147 e. The summed E-state index contributed by atoms with van der Waals surface area (Å²) in [5.41, 5.74) is 2.50. The Labute approximate surface area is 111 Å². The predicted molar refractivity (Wildman–Crippen MR) is 71.3 cm³/mol. The Morgan fingerprint density at radius 3 is 3.06 bits per heavy atom. The monoisotopic (exact) mass is 268 g/mol. The van der Waals surface area contributed by atoms with Crippen LogP contribution in [0.25, 0.3) is 5.57 Å². The SMILES string of the molecule is Clc1cc(C2=CCC3CCNCC23)cnc1Cl. The molecule has 1 aliphatic heterocycles. The summed E-state index contributed by atoms with van der Waals surface area (Å²) in [6.45, 7) is 2.21. The molecule has 0 radical (unpaired) electrons. The van der Waals surface area contributed by atoms with Crippen LogP contribution in [-0.4, -0.2) is 18.1 Å². The number of rotatable bonds is 1. The van der Waals surface area contributed by atoms with Crippen molar-refractivity contribution >= 4 is 28.8 Å². The van der Waals surface area contributed by atoms with E-state index in [1.807, 2.05) is 12.3 Å². The van der Waals surface area contributed by atoms with Crippen LogP contribution in [-0.2, 0) is 0 Å². The zero-order valence-electron chi connectivity index (χ0n) is 9.42. The number of halogens is 2. The van der Waals surface area contributed by atoms with E-state index in [2.05, 4.69) is 16.4 Å². The second-order valence-electron chi connectivity index (χ2n) is 4.75. The number of hydrogen-bond acceptors (Lipinski definition) is 2. The molecule has 0 bridgehead atoms. The van der Waals surface area contributed by atoms with Crippen LogP contribution >= 0.6 is 23.2 Å². The summed E-state index contributed by atoms with van der Waals surface area (Å²) in [6, 6.07) is 1.93. The lowest BCUT2D eigenvalue weighted by atomic mass is 9.84. The van der Waals surface area contributed by atoms with Crippen LogP contribution in [0.5, 0.6) is 0 Å². The highest BCUT2D eigenvalue weighted by molar-refractivity contribution is 6.41. The van der Waals surface area contributed by atoms with Crippen molar-refractivity contribution in [3.63, 3.8) is 0 Å². The minimum atomic E-state index is 0.382. The summed E-state index contributed by atoms with van der Waals surface area (Å²) in [6.07, 6.45) is 6.61. The lowest BCUT2D eigenvalue weighted by Crippen LogP contribution is -2.34. The topological polar surface area (TPSA) is 24.9 Å². The van der Waals surface area contributed by atoms with Crippen molar-refractivity contribution in [2.75, 3.05) is 13.1 Å². The molecule has 0 amide bonds. The first-order chi connectivity index (χ1) is 8.25. The van der Waals surface area contributed by atoms with Crippen LogP contribution < -0.4 is 5.32 Å². The molecule has 1 aliphatic carbocycles. The Morgan fingerprint density at radius 1 is 1.35 bits per heavy atom. The summed E-state index contributed by atoms with van der Waals surface area (Å²) in [4.78, 5) is 4.13. The minimum absolute atomic E-state index is 0.382. The average Bonchev–Trinajstić information content (AvgIpc) is 2.76. The molecule has 1 N–H and O–H groups in total. The lowest BCUT2D eigenvalue weighted by molar-refractivity contribution is 0.328. The third kappa shape index (κ3) is 2.10. The molecule has 2 aliphatic rings. The van der Waals surface area contributed by atoms with Gasteiger partial charge in [0.25, 0.3) is 0 Å². The van der Waals surface area contributed by atoms with Gasteiger partial charge in [0.15, 0.2) is 0 Å². The van der Waals surface area contributed by atoms with Crippen molar-refractivity contribution in [1.29, 1.82) is 0 Å². The van der Waals surface area contributed by atoms with Crippen molar-refractivity contribution < 1.29 is 0 Å². The molecule has 0 saturated carbocycles. The first-order valence-electron chi connectivity index (χ1n) is 5.98. The summed E-state index contributed by atoms with van der Waals surface area (Å²) >= 11 is 11.9. The van der Waals surface area contributed by atoms with Crippen molar-refractivity contribution in [3.8, 4) is 0 Å². The lowest BCUT2D eigenvalue weighted by Gasteiger charge is -2.28. The van der Waals surface area contributed by atoms with Crippen LogP contribution in [0.15, 0.2) is 18.3 Å². The van der Waals surface area contributed by atoms with Gasteiger partial charge in [-0.3, -0.25) is 0 Å². The molecule has 1 aromatic rings. The number of aromatic nitrogens is 1. The maximum atomic E-state index is 6.03. The Balaban J connectivity index is 1.91. The van der Waals surface area contributed by atoms with E-state index in [4.69, 9.17) is 23.2 Å². The maximum absolute atomic E-state index is 6.03. The molecule has 2 heterocycles. The number of fused-ring (bicyclic) bond motifs is 1. The molecular formula is C13H14Cl2N2. The Bertz CT molecular complexity index is 470. The predicted octanol–water partition coefficient (Wildman–Crippen LogP) is 3.40. The fourth-order valence-corrected chi connectivity index (χ4v) is 3.17. The molecule has 2 atom stereocenters. The molecule has 0 spiro atoms. The first-order valence-corrected chi connectivity index (χ1v) is 6.73. The van der Waals surface area contributed by atoms with Gasteiger partial charge in [-0.25, -0.2) is 4.98 Å². The molecule has 4 heteroatoms. The average molecular weight is 269 g/mol. The van der Waals surface area contributed by atoms with Crippen LogP contribution in [0, 0.1) is 11.8 Å². The Hall–Kier alpha value is -0.570. The van der Waals surface area contributed by atoms with Gasteiger partial charge in [-0.15, -0.1) is 0 Å². The van der Waals surface area contributed by atoms with Crippen molar-refractivity contribution in [3.05, 3.63) is 34.1 Å². The molecule has 1 fully saturated rings. The molecule has 17 heavy (non-hydrogen) atoms. The van der Waals surface area contributed by atoms with E-state index in [1.165, 1.54) is 18.4 Å². The molecule has 1 aromatic heterocycles. The summed E-state index contributed by atoms with van der Waals surface area (Å²) in [7, 11) is 0. The molecule has 1 saturated heterocycles. The second-order valence-corrected chi connectivity index (χ2v) is 5.52. The molecule has 0 aromatic carbocycles. The summed E-state index contributed by atoms with van der Waals surface area (Å²) in [5, 5.41) is 4.38. The third-order valence-electron chi connectivity index (χ3n) is 3.79. The van der Waals surface area contributed by atoms with Gasteiger partial charge in [0, 0.05) is 12.7 Å². The van der Waals surface area contributed by atoms with Gasteiger partial charge in [0.1, 0.15) is 5.15 Å². The third-order valence-corrected chi connectivity index (χ3v) is 4.48. The smallest absolute Gasteiger partial charge is 0.147 e. The van der Waals surface area contributed by atoms with Gasteiger partial charge < -0.3 is 5.32 Å². The van der Waals surface area contributed by atoms with Gasteiger partial charge in [0.05, 0.1) is 5.02 Å². The van der Waals surface area contributed by atoms with Crippen molar-refractivity contribution in [2.45, 2.75) is 12.8 Å². The van der Waals surface area contributed by atoms with Crippen molar-refractivity contribution in [1.82, 2.24) is 10.3 Å². The van der Waals surface area contributed by atoms with Gasteiger partial charge in [-0.2, -0.15) is 0 Å². The molecule has 90 valence electrons. The van der Waals surface area contributed by atoms with Crippen LogP contribution in [0.4, 0.5) is 0 Å². The van der Waals surface area contributed by atoms with E-state index in [-0.39, 0.29) is 0 Å². The minimum Gasteiger partial charge on any atom is -0.316 e. The summed E-state index contributed by atoms with van der Waals surface area (Å²) in [5.74, 6) is 1.41. The Morgan fingerprint density at radius 2 is 2.24 bits per heavy atom. The van der Waals surface area contributed by atoms with E-state index in [0.29, 0.717) is 16.1 Å². The fourth-order valence-electron chi connectivity index (χ4n) is 2.90. The number of allylic oxidation sites excluding steroid dienone is 1. The number of nitrogens with zero attached hydrogens (tertiary/aromatic N) is 1. The first kappa shape index (κ1) is 11.5. The zero-order valence-corrected chi connectivity index (χ0v) is 10.9. The van der Waals surface area contributed by atoms with Gasteiger partial charge in [-0.05, 0) is 48.4 Å². The van der Waals surface area contributed by atoms with E-state index in [0.717, 1.165) is 24.6 Å². The zero-order chi connectivity index (χ0) is 11.8. The highest BCUT2D eigenvalue weighted by atomic mass is 35.5. The quantitative estimate of drug-likeness (QED) is 0.790. The number of pyridine rings is 1. The van der Waals surface area contributed by atoms with Crippen LogP contribution in [0.3, 0.4) is 0 Å². The summed E-state index contributed by atoms with van der Waals surface area (Å²) < 4.78 is 0. The van der Waals surface area contributed by atoms with E-state index in [1.54, 1.807) is 0 Å². The molecule has 2 unspecified atom stereocenters. The van der Waals surface area contributed by atoms with Crippen LogP contribution in [0.1, 0.15) is 18.4 Å². The fraction of sp³-hybridized carbons (Fsp3) is 0.462. The molecule has 2 nitrogen and oxygen atoms in total. The normalized spacial score (nSPS) is 27.8. The Kier molecular flexibility index (Phi) is 3.12. The number of hydrogen-bond donors (Lipinski definition) is 1. The van der Waals surface area contributed by atoms with Gasteiger partial charge in [0.2, 0.25) is 0 Å². The van der Waals surface area contributed by atoms with Crippen LogP contribution in [0.2, 0.25) is 10.2 Å². The second kappa shape index (κ2) is 4.60. The van der Waals surface area contributed by atoms with E-state index < -0.39 is 0 Å². The number of nitrogens with one attached hydrogen (secondary N) is 1. The molecular weight excluding hydrogens is 255 g/mol. The van der Waals surface area contributed by atoms with Gasteiger partial charge in [-0.1, -0.05) is 29.3 Å². The van der Waals surface area contributed by atoms with E-state index >= 15 is 0 Å². The number of piperidine rings is 1. The standard InChI is InChI=1S/C13H14Cl2N2/c14-12-5-9(6-17-13(12)15)10-2-1-8-3-4-16-7-11(8)10/h2,5-6,8,11,16H,1,3-4,7H2. The van der Waals surface area contributed by atoms with E-state index in [9.17, 15) is 0 Å². The highest BCUT2D eigenvalue weighted by Crippen LogP contribution is 2.41.